The average molecular weight is 456 g/mol. The van der Waals surface area contributed by atoms with Gasteiger partial charge in [0.2, 0.25) is 0 Å². The molecule has 1 aliphatic heterocycles. The van der Waals surface area contributed by atoms with Gasteiger partial charge in [0, 0.05) is 23.4 Å². The Hall–Kier alpha value is -3.21. The summed E-state index contributed by atoms with van der Waals surface area (Å²) < 4.78 is 19.9. The van der Waals surface area contributed by atoms with E-state index in [1.54, 1.807) is 12.3 Å². The number of halogens is 1. The third-order valence-corrected chi connectivity index (χ3v) is 6.88. The Labute approximate surface area is 200 Å². The fourth-order valence-electron chi connectivity index (χ4n) is 5.07. The normalized spacial score (nSPS) is 16.7. The van der Waals surface area contributed by atoms with E-state index in [2.05, 4.69) is 23.1 Å². The average Bonchev–Trinajstić information content (AvgIpc) is 3.22. The van der Waals surface area contributed by atoms with E-state index in [1.165, 1.54) is 6.07 Å². The second-order valence-corrected chi connectivity index (χ2v) is 9.09. The minimum atomic E-state index is -0.554. The smallest absolute Gasteiger partial charge is 0.141 e. The molecule has 4 heteroatoms. The van der Waals surface area contributed by atoms with Gasteiger partial charge in [0.25, 0.3) is 0 Å². The number of hydrogen-bond acceptors (Lipinski definition) is 3. The number of hydrogen-bond donors (Lipinski definition) is 1. The van der Waals surface area contributed by atoms with Gasteiger partial charge < -0.3 is 9.52 Å². The van der Waals surface area contributed by atoms with Gasteiger partial charge in [-0.15, -0.1) is 0 Å². The second-order valence-electron chi connectivity index (χ2n) is 9.09. The Kier molecular flexibility index (Phi) is 6.89. The number of fused-ring (bicyclic) bond motifs is 1. The first-order valence-electron chi connectivity index (χ1n) is 12.1. The highest BCUT2D eigenvalue weighted by molar-refractivity contribution is 5.90. The molecule has 2 unspecified atom stereocenters. The van der Waals surface area contributed by atoms with Crippen LogP contribution in [-0.4, -0.2) is 29.6 Å². The summed E-state index contributed by atoms with van der Waals surface area (Å²) in [7, 11) is 0. The fraction of sp³-hybridized carbons (Fsp3) is 0.267. The van der Waals surface area contributed by atoms with Gasteiger partial charge in [-0.1, -0.05) is 66.7 Å². The summed E-state index contributed by atoms with van der Waals surface area (Å²) in [6, 6.07) is 25.1. The zero-order valence-corrected chi connectivity index (χ0v) is 19.2. The van der Waals surface area contributed by atoms with Gasteiger partial charge in [-0.25, -0.2) is 4.39 Å². The van der Waals surface area contributed by atoms with Gasteiger partial charge in [-0.05, 0) is 67.3 Å². The number of furan rings is 1. The number of benzene rings is 3. The van der Waals surface area contributed by atoms with Crippen LogP contribution in [0.3, 0.4) is 0 Å². The van der Waals surface area contributed by atoms with E-state index in [-0.39, 0.29) is 11.7 Å². The van der Waals surface area contributed by atoms with Crippen molar-refractivity contribution >= 4 is 16.5 Å². The maximum Gasteiger partial charge on any atom is 0.141 e. The Morgan fingerprint density at radius 3 is 2.44 bits per heavy atom. The van der Waals surface area contributed by atoms with Crippen LogP contribution in [-0.2, 0) is 0 Å². The van der Waals surface area contributed by atoms with Crippen LogP contribution in [0.5, 0.6) is 0 Å². The molecule has 1 aromatic heterocycles. The first kappa shape index (κ1) is 22.6. The van der Waals surface area contributed by atoms with Gasteiger partial charge in [-0.3, -0.25) is 4.90 Å². The van der Waals surface area contributed by atoms with Crippen molar-refractivity contribution in [1.82, 2.24) is 4.90 Å². The highest BCUT2D eigenvalue weighted by Gasteiger charge is 2.24. The predicted molar refractivity (Wildman–Crippen MR) is 135 cm³/mol. The molecule has 1 N–H and O–H groups in total. The third-order valence-electron chi connectivity index (χ3n) is 6.88. The predicted octanol–water partition coefficient (Wildman–Crippen LogP) is 6.96. The number of aliphatic hydroxyl groups is 1. The fourth-order valence-corrected chi connectivity index (χ4v) is 5.07. The quantitative estimate of drug-likeness (QED) is 0.327. The molecule has 0 bridgehead atoms. The molecule has 0 fully saturated rings. The molecule has 5 rings (SSSR count). The topological polar surface area (TPSA) is 36.6 Å². The summed E-state index contributed by atoms with van der Waals surface area (Å²) in [5.74, 6) is -0.215. The highest BCUT2D eigenvalue weighted by atomic mass is 19.1. The molecule has 3 nitrogen and oxygen atoms in total. The molecule has 3 aromatic carbocycles. The first-order valence-corrected chi connectivity index (χ1v) is 12.1. The van der Waals surface area contributed by atoms with Crippen LogP contribution in [0.1, 0.15) is 48.0 Å². The summed E-state index contributed by atoms with van der Waals surface area (Å²) in [6.45, 7) is 2.66. The Morgan fingerprint density at radius 2 is 1.68 bits per heavy atom. The Balaban J connectivity index is 1.32. The van der Waals surface area contributed by atoms with Crippen molar-refractivity contribution < 1.29 is 13.9 Å². The molecule has 0 aliphatic carbocycles. The zero-order valence-electron chi connectivity index (χ0n) is 19.2. The summed E-state index contributed by atoms with van der Waals surface area (Å²) in [6.07, 6.45) is 6.03. The van der Waals surface area contributed by atoms with Crippen LogP contribution in [0.4, 0.5) is 4.39 Å². The van der Waals surface area contributed by atoms with Crippen molar-refractivity contribution in [3.05, 3.63) is 114 Å². The lowest BCUT2D eigenvalue weighted by atomic mass is 9.86. The number of nitrogens with zero attached hydrogens (tertiary/aromatic N) is 1. The SMILES string of the molecule is OC(c1ccccc1)C(CCN1CC=C(c2cc(F)cc3ccoc23)CCC1)c1ccccc1. The molecule has 0 radical (unpaired) electrons. The van der Waals surface area contributed by atoms with Crippen LogP contribution in [0.2, 0.25) is 0 Å². The summed E-state index contributed by atoms with van der Waals surface area (Å²) >= 11 is 0. The number of rotatable bonds is 7. The lowest BCUT2D eigenvalue weighted by Gasteiger charge is -2.27. The summed E-state index contributed by atoms with van der Waals surface area (Å²) in [5, 5.41) is 12.0. The molecular weight excluding hydrogens is 425 g/mol. The van der Waals surface area contributed by atoms with Crippen molar-refractivity contribution in [2.75, 3.05) is 19.6 Å². The minimum absolute atomic E-state index is 0.0151. The summed E-state index contributed by atoms with van der Waals surface area (Å²) in [4.78, 5) is 2.43. The van der Waals surface area contributed by atoms with E-state index in [0.717, 1.165) is 72.1 Å². The van der Waals surface area contributed by atoms with Gasteiger partial charge in [0.15, 0.2) is 0 Å². The van der Waals surface area contributed by atoms with Crippen LogP contribution < -0.4 is 0 Å². The lowest BCUT2D eigenvalue weighted by Crippen LogP contribution is -2.27. The van der Waals surface area contributed by atoms with E-state index >= 15 is 0 Å². The molecule has 0 amide bonds. The van der Waals surface area contributed by atoms with E-state index in [4.69, 9.17) is 4.42 Å². The van der Waals surface area contributed by atoms with Gasteiger partial charge >= 0.3 is 0 Å². The zero-order chi connectivity index (χ0) is 23.3. The van der Waals surface area contributed by atoms with Crippen LogP contribution in [0.25, 0.3) is 16.5 Å². The second kappa shape index (κ2) is 10.4. The monoisotopic (exact) mass is 455 g/mol. The van der Waals surface area contributed by atoms with Crippen LogP contribution in [0.15, 0.2) is 95.6 Å². The Bertz CT molecular complexity index is 1250. The lowest BCUT2D eigenvalue weighted by molar-refractivity contribution is 0.132. The highest BCUT2D eigenvalue weighted by Crippen LogP contribution is 2.35. The molecule has 2 heterocycles. The van der Waals surface area contributed by atoms with E-state index in [9.17, 15) is 9.50 Å². The van der Waals surface area contributed by atoms with E-state index in [1.807, 2.05) is 54.6 Å². The maximum atomic E-state index is 14.2. The van der Waals surface area contributed by atoms with Crippen LogP contribution >= 0.6 is 0 Å². The van der Waals surface area contributed by atoms with Crippen molar-refractivity contribution in [2.24, 2.45) is 0 Å². The standard InChI is InChI=1S/C30H30FNO2/c31-26-20-25-15-19-34-30(25)28(21-26)23-12-7-16-32(17-13-23)18-14-27(22-8-3-1-4-9-22)29(33)24-10-5-2-6-11-24/h1-6,8-11,13,15,19-21,27,29,33H,7,12,14,16-18H2. The molecule has 0 saturated carbocycles. The van der Waals surface area contributed by atoms with Crippen molar-refractivity contribution in [2.45, 2.75) is 31.3 Å². The molecule has 1 aliphatic rings. The van der Waals surface area contributed by atoms with Gasteiger partial charge in [-0.2, -0.15) is 0 Å². The summed E-state index contributed by atoms with van der Waals surface area (Å²) in [5.41, 5.74) is 4.87. The Morgan fingerprint density at radius 1 is 0.941 bits per heavy atom. The molecule has 4 aromatic rings. The van der Waals surface area contributed by atoms with Crippen molar-refractivity contribution in [3.8, 4) is 0 Å². The van der Waals surface area contributed by atoms with Crippen molar-refractivity contribution in [3.63, 3.8) is 0 Å². The first-order chi connectivity index (χ1) is 16.7. The van der Waals surface area contributed by atoms with Crippen LogP contribution in [0, 0.1) is 5.82 Å². The molecule has 0 saturated heterocycles. The molecule has 2 atom stereocenters. The molecular formula is C30H30FNO2. The van der Waals surface area contributed by atoms with Crippen molar-refractivity contribution in [1.29, 1.82) is 0 Å². The number of allylic oxidation sites excluding steroid dienone is 1. The molecule has 34 heavy (non-hydrogen) atoms. The van der Waals surface area contributed by atoms with E-state index in [0.29, 0.717) is 0 Å². The number of aliphatic hydroxyl groups excluding tert-OH is 1. The maximum absolute atomic E-state index is 14.2. The minimum Gasteiger partial charge on any atom is -0.464 e. The largest absolute Gasteiger partial charge is 0.464 e. The molecule has 174 valence electrons. The third kappa shape index (κ3) is 4.98. The van der Waals surface area contributed by atoms with E-state index < -0.39 is 6.10 Å². The van der Waals surface area contributed by atoms with Gasteiger partial charge in [0.1, 0.15) is 11.4 Å². The van der Waals surface area contributed by atoms with Gasteiger partial charge in [0.05, 0.1) is 12.4 Å². The molecule has 0 spiro atoms.